The number of carbonyl (C=O) groups is 2. The van der Waals surface area contributed by atoms with Gasteiger partial charge in [0.05, 0.1) is 13.0 Å². The van der Waals surface area contributed by atoms with Crippen LogP contribution in [0, 0.1) is 15.4 Å². The van der Waals surface area contributed by atoms with Gasteiger partial charge in [0.15, 0.2) is 0 Å². The van der Waals surface area contributed by atoms with Crippen molar-refractivity contribution in [1.82, 2.24) is 0 Å². The van der Waals surface area contributed by atoms with E-state index in [4.69, 9.17) is 4.74 Å². The van der Waals surface area contributed by atoms with Crippen molar-refractivity contribution in [2.75, 3.05) is 7.11 Å². The minimum Gasteiger partial charge on any atom is -0.469 e. The van der Waals surface area contributed by atoms with Crippen LogP contribution in [0.1, 0.15) is 25.8 Å². The van der Waals surface area contributed by atoms with E-state index in [1.54, 1.807) is 0 Å². The lowest BCUT2D eigenvalue weighted by Gasteiger charge is -2.16. The molecule has 0 radical (unpaired) electrons. The Morgan fingerprint density at radius 2 is 1.89 bits per heavy atom. The number of methoxy groups -OCH3 is 1. The molecule has 1 aromatic carbocycles. The van der Waals surface area contributed by atoms with E-state index in [0.29, 0.717) is 6.42 Å². The summed E-state index contributed by atoms with van der Waals surface area (Å²) >= 11 is 2.24. The molecule has 0 bridgehead atoms. The van der Waals surface area contributed by atoms with E-state index in [2.05, 4.69) is 22.6 Å². The van der Waals surface area contributed by atoms with Gasteiger partial charge in [-0.3, -0.25) is 9.59 Å². The number of ketones is 1. The lowest BCUT2D eigenvalue weighted by atomic mass is 9.91. The van der Waals surface area contributed by atoms with Crippen LogP contribution in [0.4, 0.5) is 0 Å². The zero-order valence-electron chi connectivity index (χ0n) is 11.5. The van der Waals surface area contributed by atoms with Gasteiger partial charge in [0, 0.05) is 15.9 Å². The maximum atomic E-state index is 11.8. The van der Waals surface area contributed by atoms with Crippen LogP contribution in [0.3, 0.4) is 0 Å². The SMILES string of the molecule is COC(=O)C(CC(=O)C(C)C)Cc1ccccc1I. The highest BCUT2D eigenvalue weighted by Crippen LogP contribution is 2.20. The summed E-state index contributed by atoms with van der Waals surface area (Å²) in [6.07, 6.45) is 0.791. The molecule has 0 saturated heterocycles. The van der Waals surface area contributed by atoms with E-state index in [1.165, 1.54) is 7.11 Å². The third-order valence-corrected chi connectivity index (χ3v) is 4.10. The molecule has 0 saturated carbocycles. The fourth-order valence-corrected chi connectivity index (χ4v) is 2.42. The Hall–Kier alpha value is -0.910. The third kappa shape index (κ3) is 4.93. The second-order valence-corrected chi connectivity index (χ2v) is 6.00. The predicted molar refractivity (Wildman–Crippen MR) is 82.8 cm³/mol. The van der Waals surface area contributed by atoms with Gasteiger partial charge in [0.25, 0.3) is 0 Å². The molecule has 1 unspecified atom stereocenters. The van der Waals surface area contributed by atoms with Crippen molar-refractivity contribution < 1.29 is 14.3 Å². The van der Waals surface area contributed by atoms with E-state index in [-0.39, 0.29) is 24.1 Å². The highest BCUT2D eigenvalue weighted by atomic mass is 127. The molecule has 104 valence electrons. The first kappa shape index (κ1) is 16.1. The Balaban J connectivity index is 2.84. The molecular formula is C15H19IO3. The highest BCUT2D eigenvalue weighted by molar-refractivity contribution is 14.1. The van der Waals surface area contributed by atoms with Crippen molar-refractivity contribution in [3.05, 3.63) is 33.4 Å². The lowest BCUT2D eigenvalue weighted by Crippen LogP contribution is -2.24. The molecule has 0 aliphatic carbocycles. The second kappa shape index (κ2) is 7.62. The van der Waals surface area contributed by atoms with E-state index < -0.39 is 5.92 Å². The number of rotatable bonds is 6. The summed E-state index contributed by atoms with van der Waals surface area (Å²) in [6, 6.07) is 7.87. The molecule has 0 spiro atoms. The maximum absolute atomic E-state index is 11.8. The topological polar surface area (TPSA) is 43.4 Å². The second-order valence-electron chi connectivity index (χ2n) is 4.84. The number of halogens is 1. The molecule has 0 heterocycles. The number of Topliss-reactive ketones (excluding diaryl/α,β-unsaturated/α-hetero) is 1. The van der Waals surface area contributed by atoms with Crippen molar-refractivity contribution in [3.63, 3.8) is 0 Å². The zero-order chi connectivity index (χ0) is 14.4. The van der Waals surface area contributed by atoms with Gasteiger partial charge >= 0.3 is 5.97 Å². The highest BCUT2D eigenvalue weighted by Gasteiger charge is 2.24. The molecule has 1 rings (SSSR count). The largest absolute Gasteiger partial charge is 0.469 e. The summed E-state index contributed by atoms with van der Waals surface area (Å²) in [7, 11) is 1.37. The third-order valence-electron chi connectivity index (χ3n) is 3.05. The lowest BCUT2D eigenvalue weighted by molar-refractivity contribution is -0.147. The number of esters is 1. The average molecular weight is 374 g/mol. The Labute approximate surface area is 127 Å². The van der Waals surface area contributed by atoms with Crippen LogP contribution in [0.25, 0.3) is 0 Å². The van der Waals surface area contributed by atoms with E-state index >= 15 is 0 Å². The summed E-state index contributed by atoms with van der Waals surface area (Å²) in [4.78, 5) is 23.6. The maximum Gasteiger partial charge on any atom is 0.309 e. The molecule has 0 amide bonds. The van der Waals surface area contributed by atoms with Crippen LogP contribution in [0.15, 0.2) is 24.3 Å². The Morgan fingerprint density at radius 3 is 2.42 bits per heavy atom. The van der Waals surface area contributed by atoms with E-state index in [1.807, 2.05) is 38.1 Å². The fraction of sp³-hybridized carbons (Fsp3) is 0.467. The first-order chi connectivity index (χ1) is 8.95. The molecule has 0 aromatic heterocycles. The van der Waals surface area contributed by atoms with Crippen LogP contribution >= 0.6 is 22.6 Å². The number of hydrogen-bond donors (Lipinski definition) is 0. The summed E-state index contributed by atoms with van der Waals surface area (Å²) in [5.41, 5.74) is 1.08. The molecule has 19 heavy (non-hydrogen) atoms. The number of carbonyl (C=O) groups excluding carboxylic acids is 2. The van der Waals surface area contributed by atoms with Crippen LogP contribution in [-0.4, -0.2) is 18.9 Å². The molecule has 1 aromatic rings. The van der Waals surface area contributed by atoms with Gasteiger partial charge < -0.3 is 4.74 Å². The summed E-state index contributed by atoms with van der Waals surface area (Å²) < 4.78 is 5.91. The van der Waals surface area contributed by atoms with Crippen LogP contribution in [0.5, 0.6) is 0 Å². The molecule has 0 aliphatic rings. The Morgan fingerprint density at radius 1 is 1.26 bits per heavy atom. The molecule has 0 N–H and O–H groups in total. The van der Waals surface area contributed by atoms with Crippen LogP contribution in [-0.2, 0) is 20.7 Å². The van der Waals surface area contributed by atoms with E-state index in [0.717, 1.165) is 9.13 Å². The molecule has 0 aliphatic heterocycles. The summed E-state index contributed by atoms with van der Waals surface area (Å²) in [5, 5.41) is 0. The quantitative estimate of drug-likeness (QED) is 0.567. The summed E-state index contributed by atoms with van der Waals surface area (Å²) in [6.45, 7) is 3.70. The van der Waals surface area contributed by atoms with Crippen molar-refractivity contribution >= 4 is 34.3 Å². The van der Waals surface area contributed by atoms with Crippen LogP contribution < -0.4 is 0 Å². The normalized spacial score (nSPS) is 12.3. The van der Waals surface area contributed by atoms with Gasteiger partial charge in [0.2, 0.25) is 0 Å². The van der Waals surface area contributed by atoms with Crippen molar-refractivity contribution in [2.24, 2.45) is 11.8 Å². The molecule has 4 heteroatoms. The molecule has 3 nitrogen and oxygen atoms in total. The zero-order valence-corrected chi connectivity index (χ0v) is 13.6. The Bertz CT molecular complexity index is 454. The van der Waals surface area contributed by atoms with Gasteiger partial charge in [-0.05, 0) is 40.6 Å². The van der Waals surface area contributed by atoms with Crippen molar-refractivity contribution in [1.29, 1.82) is 0 Å². The number of ether oxygens (including phenoxy) is 1. The van der Waals surface area contributed by atoms with Gasteiger partial charge in [0.1, 0.15) is 5.78 Å². The van der Waals surface area contributed by atoms with Gasteiger partial charge in [-0.2, -0.15) is 0 Å². The molecule has 0 fully saturated rings. The molecule has 1 atom stereocenters. The standard InChI is InChI=1S/C15H19IO3/c1-10(2)14(17)9-12(15(18)19-3)8-11-6-4-5-7-13(11)16/h4-7,10,12H,8-9H2,1-3H3. The van der Waals surface area contributed by atoms with E-state index in [9.17, 15) is 9.59 Å². The van der Waals surface area contributed by atoms with Crippen molar-refractivity contribution in [3.8, 4) is 0 Å². The smallest absolute Gasteiger partial charge is 0.309 e. The predicted octanol–water partition coefficient (Wildman–Crippen LogP) is 3.24. The van der Waals surface area contributed by atoms with Crippen LogP contribution in [0.2, 0.25) is 0 Å². The minimum atomic E-state index is -0.393. The van der Waals surface area contributed by atoms with Gasteiger partial charge in [-0.25, -0.2) is 0 Å². The minimum absolute atomic E-state index is 0.0537. The van der Waals surface area contributed by atoms with Gasteiger partial charge in [-0.15, -0.1) is 0 Å². The first-order valence-electron chi connectivity index (χ1n) is 6.29. The Kier molecular flexibility index (Phi) is 6.48. The van der Waals surface area contributed by atoms with Crippen molar-refractivity contribution in [2.45, 2.75) is 26.7 Å². The van der Waals surface area contributed by atoms with Gasteiger partial charge in [-0.1, -0.05) is 32.0 Å². The fourth-order valence-electron chi connectivity index (χ4n) is 1.81. The molecular weight excluding hydrogens is 355 g/mol. The summed E-state index contributed by atoms with van der Waals surface area (Å²) in [5.74, 6) is -0.659. The average Bonchev–Trinajstić information content (AvgIpc) is 2.39. The first-order valence-corrected chi connectivity index (χ1v) is 7.37. The number of benzene rings is 1. The monoisotopic (exact) mass is 374 g/mol. The number of hydrogen-bond acceptors (Lipinski definition) is 3.